The van der Waals surface area contributed by atoms with Crippen molar-refractivity contribution in [3.8, 4) is 0 Å². The molecule has 1 N–H and O–H groups in total. The number of anilines is 1. The average molecular weight is 371 g/mol. The monoisotopic (exact) mass is 371 g/mol. The Hall–Kier alpha value is -1.85. The second kappa shape index (κ2) is 6.64. The van der Waals surface area contributed by atoms with Crippen LogP contribution in [0.15, 0.2) is 10.6 Å². The molecule has 1 aromatic heterocycles. The number of hydrogen-bond donors (Lipinski definition) is 1. The van der Waals surface area contributed by atoms with Gasteiger partial charge in [0.15, 0.2) is 5.82 Å². The summed E-state index contributed by atoms with van der Waals surface area (Å²) in [5, 5.41) is 6.66. The number of rotatable bonds is 3. The first-order valence-corrected chi connectivity index (χ1v) is 10.6. The quantitative estimate of drug-likeness (QED) is 0.885. The van der Waals surface area contributed by atoms with Crippen LogP contribution in [-0.4, -0.2) is 35.0 Å². The molecule has 4 aliphatic carbocycles. The number of aromatic nitrogens is 1. The molecule has 2 amide bonds. The predicted octanol–water partition coefficient (Wildman–Crippen LogP) is 3.23. The summed E-state index contributed by atoms with van der Waals surface area (Å²) in [6.45, 7) is 3.21. The summed E-state index contributed by atoms with van der Waals surface area (Å²) < 4.78 is 5.00. The molecule has 0 radical (unpaired) electrons. The van der Waals surface area contributed by atoms with E-state index in [1.54, 1.807) is 13.0 Å². The maximum absolute atomic E-state index is 13.3. The van der Waals surface area contributed by atoms with Crippen LogP contribution in [0.1, 0.15) is 50.7 Å². The van der Waals surface area contributed by atoms with Crippen LogP contribution < -0.4 is 5.32 Å². The van der Waals surface area contributed by atoms with Crippen molar-refractivity contribution in [1.82, 2.24) is 10.1 Å². The van der Waals surface area contributed by atoms with Crippen molar-refractivity contribution in [3.05, 3.63) is 11.8 Å². The van der Waals surface area contributed by atoms with E-state index in [2.05, 4.69) is 15.4 Å². The maximum atomic E-state index is 13.3. The minimum Gasteiger partial charge on any atom is -0.360 e. The molecule has 6 heteroatoms. The Morgan fingerprint density at radius 2 is 1.70 bits per heavy atom. The van der Waals surface area contributed by atoms with Crippen molar-refractivity contribution in [2.75, 3.05) is 18.4 Å². The van der Waals surface area contributed by atoms with Crippen molar-refractivity contribution < 1.29 is 14.1 Å². The lowest BCUT2D eigenvalue weighted by Gasteiger charge is -2.54. The van der Waals surface area contributed by atoms with E-state index in [4.69, 9.17) is 4.52 Å². The first-order chi connectivity index (χ1) is 13.1. The van der Waals surface area contributed by atoms with Gasteiger partial charge in [-0.1, -0.05) is 5.16 Å². The van der Waals surface area contributed by atoms with E-state index in [0.29, 0.717) is 42.4 Å². The van der Waals surface area contributed by atoms with Crippen molar-refractivity contribution >= 4 is 17.6 Å². The predicted molar refractivity (Wildman–Crippen MR) is 99.7 cm³/mol. The highest BCUT2D eigenvalue weighted by Gasteiger charge is 2.51. The molecule has 0 unspecified atom stereocenters. The second-order valence-corrected chi connectivity index (χ2v) is 9.37. The lowest BCUT2D eigenvalue weighted by atomic mass is 9.51. The van der Waals surface area contributed by atoms with Crippen molar-refractivity contribution in [2.24, 2.45) is 35.5 Å². The fraction of sp³-hybridized carbons (Fsp3) is 0.762. The zero-order valence-corrected chi connectivity index (χ0v) is 16.0. The topological polar surface area (TPSA) is 75.4 Å². The first-order valence-electron chi connectivity index (χ1n) is 10.6. The number of aryl methyl sites for hydroxylation is 1. The van der Waals surface area contributed by atoms with E-state index in [1.165, 1.54) is 32.1 Å². The lowest BCUT2D eigenvalue weighted by molar-refractivity contribution is -0.151. The number of nitrogens with one attached hydrogen (secondary N) is 1. The van der Waals surface area contributed by atoms with Crippen LogP contribution in [0, 0.1) is 42.4 Å². The Morgan fingerprint density at radius 1 is 1.07 bits per heavy atom. The summed E-state index contributed by atoms with van der Waals surface area (Å²) in [5.41, 5.74) is 0. The Kier molecular flexibility index (Phi) is 4.25. The average Bonchev–Trinajstić information content (AvgIpc) is 3.05. The van der Waals surface area contributed by atoms with Crippen LogP contribution in [0.4, 0.5) is 5.82 Å². The normalized spacial score (nSPS) is 35.4. The van der Waals surface area contributed by atoms with Crippen LogP contribution in [0.3, 0.4) is 0 Å². The van der Waals surface area contributed by atoms with Gasteiger partial charge in [-0.05, 0) is 75.5 Å². The zero-order chi connectivity index (χ0) is 18.5. The molecule has 6 nitrogen and oxygen atoms in total. The van der Waals surface area contributed by atoms with Gasteiger partial charge in [0, 0.05) is 31.0 Å². The second-order valence-electron chi connectivity index (χ2n) is 9.37. The molecule has 4 bridgehead atoms. The molecule has 2 heterocycles. The Morgan fingerprint density at radius 3 is 2.26 bits per heavy atom. The third kappa shape index (κ3) is 3.17. The molecule has 6 rings (SSSR count). The molecule has 0 spiro atoms. The van der Waals surface area contributed by atoms with Gasteiger partial charge in [0.2, 0.25) is 11.8 Å². The van der Waals surface area contributed by atoms with Crippen LogP contribution in [0.5, 0.6) is 0 Å². The molecule has 4 saturated carbocycles. The fourth-order valence-electron chi connectivity index (χ4n) is 6.55. The highest BCUT2D eigenvalue weighted by Crippen LogP contribution is 2.57. The molecule has 1 aliphatic heterocycles. The zero-order valence-electron chi connectivity index (χ0n) is 16.0. The summed E-state index contributed by atoms with van der Waals surface area (Å²) in [4.78, 5) is 27.8. The van der Waals surface area contributed by atoms with E-state index in [0.717, 1.165) is 24.7 Å². The van der Waals surface area contributed by atoms with Gasteiger partial charge in [0.25, 0.3) is 0 Å². The molecule has 0 aromatic carbocycles. The highest BCUT2D eigenvalue weighted by atomic mass is 16.5. The third-order valence-corrected chi connectivity index (χ3v) is 7.57. The number of piperidine rings is 1. The number of hydrogen-bond acceptors (Lipinski definition) is 4. The molecule has 0 atom stereocenters. The number of likely N-dealkylation sites (tertiary alicyclic amines) is 1. The van der Waals surface area contributed by atoms with Crippen LogP contribution in [0.2, 0.25) is 0 Å². The van der Waals surface area contributed by atoms with Gasteiger partial charge in [-0.25, -0.2) is 0 Å². The van der Waals surface area contributed by atoms with Gasteiger partial charge < -0.3 is 14.7 Å². The Bertz CT molecular complexity index is 707. The largest absolute Gasteiger partial charge is 0.360 e. The summed E-state index contributed by atoms with van der Waals surface area (Å²) >= 11 is 0. The Labute approximate surface area is 160 Å². The van der Waals surface area contributed by atoms with Crippen molar-refractivity contribution in [3.63, 3.8) is 0 Å². The number of carbonyl (C=O) groups is 2. The van der Waals surface area contributed by atoms with E-state index < -0.39 is 0 Å². The number of nitrogens with zero attached hydrogens (tertiary/aromatic N) is 2. The van der Waals surface area contributed by atoms with E-state index in [9.17, 15) is 9.59 Å². The molecular formula is C21H29N3O3. The smallest absolute Gasteiger partial charge is 0.228 e. The van der Waals surface area contributed by atoms with Crippen molar-refractivity contribution in [2.45, 2.75) is 51.9 Å². The summed E-state index contributed by atoms with van der Waals surface area (Å²) in [7, 11) is 0. The van der Waals surface area contributed by atoms with Gasteiger partial charge in [-0.3, -0.25) is 9.59 Å². The summed E-state index contributed by atoms with van der Waals surface area (Å²) in [6, 6.07) is 1.73. The number of amides is 2. The Balaban J connectivity index is 1.17. The van der Waals surface area contributed by atoms with Gasteiger partial charge in [0.1, 0.15) is 5.76 Å². The van der Waals surface area contributed by atoms with E-state index in [-0.39, 0.29) is 17.7 Å². The maximum Gasteiger partial charge on any atom is 0.228 e. The highest BCUT2D eigenvalue weighted by molar-refractivity contribution is 5.92. The van der Waals surface area contributed by atoms with Crippen molar-refractivity contribution in [1.29, 1.82) is 0 Å². The first kappa shape index (κ1) is 17.3. The molecule has 27 heavy (non-hydrogen) atoms. The molecule has 5 aliphatic rings. The SMILES string of the molecule is Cc1cc(NC(=O)C2CCN(C(=O)C3C4CC5CC(C4)CC3C5)CC2)no1. The fourth-order valence-corrected chi connectivity index (χ4v) is 6.55. The van der Waals surface area contributed by atoms with Gasteiger partial charge in [-0.15, -0.1) is 0 Å². The standard InChI is InChI=1S/C21H29N3O3/c1-12-6-18(23-27-12)22-20(25)15-2-4-24(5-3-15)21(26)19-16-8-13-7-14(10-16)11-17(19)9-13/h6,13-17,19H,2-5,7-11H2,1H3,(H,22,23,25). The van der Waals surface area contributed by atoms with Gasteiger partial charge in [0.05, 0.1) is 0 Å². The summed E-state index contributed by atoms with van der Waals surface area (Å²) in [6.07, 6.45) is 8.00. The van der Waals surface area contributed by atoms with Gasteiger partial charge in [-0.2, -0.15) is 0 Å². The molecular weight excluding hydrogens is 342 g/mol. The molecule has 5 fully saturated rings. The number of carbonyl (C=O) groups excluding carboxylic acids is 2. The lowest BCUT2D eigenvalue weighted by Crippen LogP contribution is -2.53. The molecule has 146 valence electrons. The van der Waals surface area contributed by atoms with Crippen LogP contribution in [0.25, 0.3) is 0 Å². The minimum absolute atomic E-state index is 0.00924. The molecule has 1 saturated heterocycles. The molecule has 1 aromatic rings. The van der Waals surface area contributed by atoms with Crippen LogP contribution in [-0.2, 0) is 9.59 Å². The minimum atomic E-state index is -0.0513. The summed E-state index contributed by atoms with van der Waals surface area (Å²) in [5.74, 6) is 4.80. The third-order valence-electron chi connectivity index (χ3n) is 7.57. The van der Waals surface area contributed by atoms with Gasteiger partial charge >= 0.3 is 0 Å². The van der Waals surface area contributed by atoms with E-state index >= 15 is 0 Å². The van der Waals surface area contributed by atoms with Crippen LogP contribution >= 0.6 is 0 Å². The van der Waals surface area contributed by atoms with E-state index in [1.807, 2.05) is 0 Å².